The summed E-state index contributed by atoms with van der Waals surface area (Å²) in [6, 6.07) is 7.20. The number of phenolic OH excluding ortho intramolecular Hbond substituents is 2. The van der Waals surface area contributed by atoms with Crippen LogP contribution in [-0.4, -0.2) is 15.1 Å². The van der Waals surface area contributed by atoms with E-state index in [0.29, 0.717) is 5.02 Å². The fraction of sp³-hybridized carbons (Fsp3) is 0. The van der Waals surface area contributed by atoms with Crippen LogP contribution in [0.25, 0.3) is 0 Å². The predicted octanol–water partition coefficient (Wildman–Crippen LogP) is 5.52. The number of rotatable bonds is 1. The number of nitro groups is 1. The zero-order valence-corrected chi connectivity index (χ0v) is 14.7. The highest BCUT2D eigenvalue weighted by Crippen LogP contribution is 2.34. The van der Waals surface area contributed by atoms with Gasteiger partial charge in [0.05, 0.1) is 19.4 Å². The Morgan fingerprint density at radius 1 is 1.00 bits per heavy atom. The third-order valence-electron chi connectivity index (χ3n) is 2.12. The van der Waals surface area contributed by atoms with Gasteiger partial charge in [0.15, 0.2) is 0 Å². The first-order valence-electron chi connectivity index (χ1n) is 5.18. The Hall–Kier alpha value is -1.02. The predicted molar refractivity (Wildman–Crippen MR) is 88.3 cm³/mol. The third kappa shape index (κ3) is 5.35. The van der Waals surface area contributed by atoms with Crippen molar-refractivity contribution >= 4 is 60.7 Å². The highest BCUT2D eigenvalue weighted by atomic mass is 79.9. The molecule has 0 aromatic heterocycles. The van der Waals surface area contributed by atoms with Crippen LogP contribution in [0.4, 0.5) is 5.69 Å². The smallest absolute Gasteiger partial charge is 0.285 e. The molecule has 5 nitrogen and oxygen atoms in total. The lowest BCUT2D eigenvalue weighted by molar-refractivity contribution is -0.385. The lowest BCUT2D eigenvalue weighted by Crippen LogP contribution is -1.88. The topological polar surface area (TPSA) is 83.6 Å². The van der Waals surface area contributed by atoms with Gasteiger partial charge in [0.1, 0.15) is 11.5 Å². The highest BCUT2D eigenvalue weighted by Gasteiger charge is 2.14. The summed E-state index contributed by atoms with van der Waals surface area (Å²) in [5, 5.41) is 28.6. The van der Waals surface area contributed by atoms with Crippen LogP contribution in [0.5, 0.6) is 11.5 Å². The molecule has 9 heteroatoms. The van der Waals surface area contributed by atoms with E-state index in [1.54, 1.807) is 18.2 Å². The molecule has 2 N–H and O–H groups in total. The molecule has 2 aromatic carbocycles. The summed E-state index contributed by atoms with van der Waals surface area (Å²) in [7, 11) is 0. The van der Waals surface area contributed by atoms with Crippen LogP contribution in [0, 0.1) is 10.1 Å². The molecule has 2 aromatic rings. The number of hydrogen-bond donors (Lipinski definition) is 2. The molecule has 0 saturated carbocycles. The number of phenols is 2. The van der Waals surface area contributed by atoms with Gasteiger partial charge in [-0.1, -0.05) is 39.1 Å². The van der Waals surface area contributed by atoms with Gasteiger partial charge in [-0.2, -0.15) is 0 Å². The third-order valence-corrected chi connectivity index (χ3v) is 3.87. The second kappa shape index (κ2) is 7.84. The Morgan fingerprint density at radius 3 is 2.05 bits per heavy atom. The van der Waals surface area contributed by atoms with Crippen molar-refractivity contribution in [2.24, 2.45) is 0 Å². The number of nitro benzene ring substituents is 1. The van der Waals surface area contributed by atoms with Crippen molar-refractivity contribution < 1.29 is 15.1 Å². The maximum absolute atomic E-state index is 10.3. The fourth-order valence-electron chi connectivity index (χ4n) is 1.15. The van der Waals surface area contributed by atoms with Gasteiger partial charge in [0.25, 0.3) is 5.69 Å². The van der Waals surface area contributed by atoms with Crippen LogP contribution in [-0.2, 0) is 0 Å². The average molecular weight is 460 g/mol. The number of aromatic hydroxyl groups is 2. The van der Waals surface area contributed by atoms with Crippen molar-refractivity contribution in [1.82, 2.24) is 0 Å². The van der Waals surface area contributed by atoms with E-state index in [2.05, 4.69) is 31.9 Å². The van der Waals surface area contributed by atoms with Crippen molar-refractivity contribution in [3.8, 4) is 11.5 Å². The fourth-order valence-corrected chi connectivity index (χ4v) is 2.25. The molecule has 0 bridgehead atoms. The van der Waals surface area contributed by atoms with Gasteiger partial charge in [-0.3, -0.25) is 10.1 Å². The maximum Gasteiger partial charge on any atom is 0.285 e. The molecule has 0 unspecified atom stereocenters. The van der Waals surface area contributed by atoms with E-state index in [4.69, 9.17) is 33.4 Å². The molecular weight excluding hydrogens is 453 g/mol. The second-order valence-corrected chi connectivity index (χ2v) is 6.19. The molecule has 0 saturated heterocycles. The minimum Gasteiger partial charge on any atom is -0.506 e. The summed E-state index contributed by atoms with van der Waals surface area (Å²) in [4.78, 5) is 9.73. The minimum atomic E-state index is -0.588. The van der Waals surface area contributed by atoms with E-state index in [9.17, 15) is 10.1 Å². The first kappa shape index (κ1) is 18.0. The quantitative estimate of drug-likeness (QED) is 0.434. The van der Waals surface area contributed by atoms with Crippen molar-refractivity contribution in [2.45, 2.75) is 0 Å². The first-order valence-corrected chi connectivity index (χ1v) is 7.53. The molecule has 0 amide bonds. The summed E-state index contributed by atoms with van der Waals surface area (Å²) in [5.74, 6) is -0.0832. The van der Waals surface area contributed by atoms with Gasteiger partial charge in [-0.25, -0.2) is 0 Å². The lowest BCUT2D eigenvalue weighted by atomic mass is 10.3. The largest absolute Gasteiger partial charge is 0.506 e. The van der Waals surface area contributed by atoms with Gasteiger partial charge < -0.3 is 10.2 Å². The highest BCUT2D eigenvalue weighted by molar-refractivity contribution is 9.10. The summed E-state index contributed by atoms with van der Waals surface area (Å²) >= 11 is 17.1. The molecule has 0 atom stereocenters. The average Bonchev–Trinajstić information content (AvgIpc) is 2.39. The minimum absolute atomic E-state index is 0.0371. The molecule has 0 aliphatic heterocycles. The Bertz CT molecular complexity index is 683. The van der Waals surface area contributed by atoms with Crippen LogP contribution in [0.15, 0.2) is 39.3 Å². The number of halogens is 4. The van der Waals surface area contributed by atoms with E-state index < -0.39 is 4.92 Å². The van der Waals surface area contributed by atoms with Crippen LogP contribution in [0.2, 0.25) is 10.0 Å². The van der Waals surface area contributed by atoms with Crippen LogP contribution < -0.4 is 0 Å². The van der Waals surface area contributed by atoms with Crippen molar-refractivity contribution in [1.29, 1.82) is 0 Å². The molecule has 0 fully saturated rings. The van der Waals surface area contributed by atoms with E-state index >= 15 is 0 Å². The molecule has 0 spiro atoms. The Morgan fingerprint density at radius 2 is 1.57 bits per heavy atom. The number of hydrogen-bond acceptors (Lipinski definition) is 4. The normalized spacial score (nSPS) is 9.71. The molecule has 0 aliphatic rings. The standard InChI is InChI=1S/C6H3BrClNO3.C6H4BrClO/c7-3-1-6(10)4(8)2-5(3)9(11)12;7-4-1-2-5(8)6(9)3-4/h1-2,10H;1-3,9H. The summed E-state index contributed by atoms with van der Waals surface area (Å²) in [6.45, 7) is 0. The van der Waals surface area contributed by atoms with Gasteiger partial charge in [-0.05, 0) is 34.1 Å². The number of nitrogens with zero attached hydrogens (tertiary/aromatic N) is 1. The molecule has 0 radical (unpaired) electrons. The van der Waals surface area contributed by atoms with E-state index in [1.165, 1.54) is 6.07 Å². The van der Waals surface area contributed by atoms with Gasteiger partial charge in [0.2, 0.25) is 0 Å². The Labute approximate surface area is 146 Å². The van der Waals surface area contributed by atoms with Crippen LogP contribution in [0.1, 0.15) is 0 Å². The van der Waals surface area contributed by atoms with Crippen molar-refractivity contribution in [3.63, 3.8) is 0 Å². The van der Waals surface area contributed by atoms with Crippen molar-refractivity contribution in [3.05, 3.63) is 59.4 Å². The van der Waals surface area contributed by atoms with E-state index in [0.717, 1.165) is 10.5 Å². The van der Waals surface area contributed by atoms with Gasteiger partial charge >= 0.3 is 0 Å². The molecule has 0 heterocycles. The van der Waals surface area contributed by atoms with Crippen LogP contribution >= 0.6 is 55.1 Å². The SMILES string of the molecule is O=[N+]([O-])c1cc(Cl)c(O)cc1Br.Oc1cc(Br)ccc1Cl. The lowest BCUT2D eigenvalue weighted by Gasteiger charge is -1.98. The van der Waals surface area contributed by atoms with E-state index in [-0.39, 0.29) is 26.7 Å². The summed E-state index contributed by atoms with van der Waals surface area (Å²) in [6.07, 6.45) is 0. The Balaban J connectivity index is 0.000000219. The molecular formula is C12H7Br2Cl2NO4. The molecule has 21 heavy (non-hydrogen) atoms. The Kier molecular flexibility index (Phi) is 6.73. The molecule has 2 rings (SSSR count). The first-order chi connectivity index (χ1) is 9.72. The van der Waals surface area contributed by atoms with Crippen LogP contribution in [0.3, 0.4) is 0 Å². The zero-order valence-electron chi connectivity index (χ0n) is 10.1. The van der Waals surface area contributed by atoms with E-state index in [1.807, 2.05) is 0 Å². The molecule has 0 aliphatic carbocycles. The van der Waals surface area contributed by atoms with Gasteiger partial charge in [-0.15, -0.1) is 0 Å². The summed E-state index contributed by atoms with van der Waals surface area (Å²) < 4.78 is 1.03. The number of benzene rings is 2. The summed E-state index contributed by atoms with van der Waals surface area (Å²) in [5.41, 5.74) is -0.169. The second-order valence-electron chi connectivity index (χ2n) is 3.61. The maximum atomic E-state index is 10.3. The molecule has 112 valence electrons. The zero-order chi connectivity index (χ0) is 16.2. The van der Waals surface area contributed by atoms with Gasteiger partial charge in [0, 0.05) is 16.6 Å². The monoisotopic (exact) mass is 457 g/mol. The van der Waals surface area contributed by atoms with Crippen molar-refractivity contribution in [2.75, 3.05) is 0 Å².